The summed E-state index contributed by atoms with van der Waals surface area (Å²) in [5.74, 6) is 0.616. The second kappa shape index (κ2) is 2.04. The van der Waals surface area contributed by atoms with Crippen LogP contribution in [0.2, 0.25) is 0 Å². The Morgan fingerprint density at radius 2 is 1.83 bits per heavy atom. The highest BCUT2D eigenvalue weighted by Crippen LogP contribution is 2.56. The van der Waals surface area contributed by atoms with E-state index in [2.05, 4.69) is 0 Å². The van der Waals surface area contributed by atoms with E-state index in [0.29, 0.717) is 24.3 Å². The van der Waals surface area contributed by atoms with Gasteiger partial charge in [-0.05, 0) is 19.3 Å². The average Bonchev–Trinajstić information content (AvgIpc) is 1.80. The fourth-order valence-electron chi connectivity index (χ4n) is 2.69. The molecule has 0 unspecified atom stereocenters. The van der Waals surface area contributed by atoms with E-state index in [1.54, 1.807) is 0 Å². The minimum absolute atomic E-state index is 0.0242. The van der Waals surface area contributed by atoms with Gasteiger partial charge in [-0.2, -0.15) is 0 Å². The fourth-order valence-corrected chi connectivity index (χ4v) is 4.88. The predicted molar refractivity (Wildman–Crippen MR) is 45.6 cm³/mol. The summed E-state index contributed by atoms with van der Waals surface area (Å²) in [4.78, 5) is 0. The van der Waals surface area contributed by atoms with Gasteiger partial charge in [0.1, 0.15) is 0 Å². The van der Waals surface area contributed by atoms with Gasteiger partial charge >= 0.3 is 0 Å². The Bertz CT molecular complexity index is 284. The molecule has 0 aromatic heterocycles. The first-order valence-corrected chi connectivity index (χ1v) is 6.14. The lowest BCUT2D eigenvalue weighted by atomic mass is 9.59. The SMILES string of the molecule is CCC1(O)CC2(C1)CS(=O)(=O)C2. The molecular weight excluding hydrogens is 176 g/mol. The Morgan fingerprint density at radius 1 is 1.33 bits per heavy atom. The minimum atomic E-state index is -2.72. The molecule has 4 heteroatoms. The lowest BCUT2D eigenvalue weighted by Gasteiger charge is -2.57. The van der Waals surface area contributed by atoms with Gasteiger partial charge < -0.3 is 5.11 Å². The quantitative estimate of drug-likeness (QED) is 0.648. The Kier molecular flexibility index (Phi) is 1.45. The molecule has 0 bridgehead atoms. The molecule has 2 aliphatic rings. The lowest BCUT2D eigenvalue weighted by molar-refractivity contribution is -0.117. The molecule has 1 N–H and O–H groups in total. The van der Waals surface area contributed by atoms with E-state index in [9.17, 15) is 13.5 Å². The van der Waals surface area contributed by atoms with E-state index < -0.39 is 15.4 Å². The zero-order valence-corrected chi connectivity index (χ0v) is 8.02. The maximum absolute atomic E-state index is 10.9. The average molecular weight is 190 g/mol. The third-order valence-corrected chi connectivity index (χ3v) is 5.22. The highest BCUT2D eigenvalue weighted by atomic mass is 32.2. The molecule has 1 heterocycles. The van der Waals surface area contributed by atoms with E-state index in [0.717, 1.165) is 6.42 Å². The zero-order chi connectivity index (χ0) is 9.04. The number of sulfone groups is 1. The molecule has 0 amide bonds. The van der Waals surface area contributed by atoms with Gasteiger partial charge in [0, 0.05) is 5.41 Å². The van der Waals surface area contributed by atoms with Crippen LogP contribution in [-0.2, 0) is 9.84 Å². The van der Waals surface area contributed by atoms with Gasteiger partial charge in [-0.1, -0.05) is 6.92 Å². The summed E-state index contributed by atoms with van der Waals surface area (Å²) in [7, 11) is -2.72. The van der Waals surface area contributed by atoms with Gasteiger partial charge in [0.15, 0.2) is 9.84 Å². The second-order valence-electron chi connectivity index (χ2n) is 4.46. The van der Waals surface area contributed by atoms with Crippen molar-refractivity contribution in [3.8, 4) is 0 Å². The molecule has 1 aliphatic heterocycles. The minimum Gasteiger partial charge on any atom is -0.390 e. The maximum Gasteiger partial charge on any atom is 0.151 e. The number of rotatable bonds is 1. The highest BCUT2D eigenvalue weighted by Gasteiger charge is 2.61. The largest absolute Gasteiger partial charge is 0.390 e. The lowest BCUT2D eigenvalue weighted by Crippen LogP contribution is -2.63. The van der Waals surface area contributed by atoms with Crippen molar-refractivity contribution in [2.45, 2.75) is 31.8 Å². The topological polar surface area (TPSA) is 54.4 Å². The molecule has 2 fully saturated rings. The Balaban J connectivity index is 1.99. The smallest absolute Gasteiger partial charge is 0.151 e. The van der Waals surface area contributed by atoms with Gasteiger partial charge in [0.05, 0.1) is 17.1 Å². The molecule has 1 spiro atoms. The van der Waals surface area contributed by atoms with Crippen LogP contribution in [0.3, 0.4) is 0 Å². The Hall–Kier alpha value is -0.0900. The molecule has 0 aromatic rings. The zero-order valence-electron chi connectivity index (χ0n) is 7.21. The van der Waals surface area contributed by atoms with E-state index in [1.807, 2.05) is 6.92 Å². The summed E-state index contributed by atoms with van der Waals surface area (Å²) in [6.07, 6.45) is 2.13. The van der Waals surface area contributed by atoms with E-state index in [4.69, 9.17) is 0 Å². The van der Waals surface area contributed by atoms with Crippen LogP contribution >= 0.6 is 0 Å². The van der Waals surface area contributed by atoms with Gasteiger partial charge in [-0.25, -0.2) is 8.42 Å². The summed E-state index contributed by atoms with van der Waals surface area (Å²) < 4.78 is 21.8. The molecule has 0 atom stereocenters. The molecule has 1 saturated carbocycles. The number of hydrogen-bond acceptors (Lipinski definition) is 3. The van der Waals surface area contributed by atoms with Crippen molar-refractivity contribution in [1.82, 2.24) is 0 Å². The standard InChI is InChI=1S/C8H14O3S/c1-2-8(9)3-7(4-8)5-12(10,11)6-7/h9H,2-6H2,1H3. The van der Waals surface area contributed by atoms with Crippen LogP contribution in [0, 0.1) is 5.41 Å². The van der Waals surface area contributed by atoms with Crippen molar-refractivity contribution in [3.05, 3.63) is 0 Å². The molecule has 0 radical (unpaired) electrons. The summed E-state index contributed by atoms with van der Waals surface area (Å²) in [5.41, 5.74) is -0.570. The first-order chi connectivity index (χ1) is 5.39. The van der Waals surface area contributed by atoms with Crippen LogP contribution < -0.4 is 0 Å². The van der Waals surface area contributed by atoms with Crippen molar-refractivity contribution < 1.29 is 13.5 Å². The fraction of sp³-hybridized carbons (Fsp3) is 1.00. The molecule has 12 heavy (non-hydrogen) atoms. The van der Waals surface area contributed by atoms with E-state index in [1.165, 1.54) is 0 Å². The molecule has 3 nitrogen and oxygen atoms in total. The first kappa shape index (κ1) is 8.51. The second-order valence-corrected chi connectivity index (χ2v) is 6.53. The summed E-state index contributed by atoms with van der Waals surface area (Å²) in [6, 6.07) is 0. The van der Waals surface area contributed by atoms with Gasteiger partial charge in [0.25, 0.3) is 0 Å². The Morgan fingerprint density at radius 3 is 2.17 bits per heavy atom. The van der Waals surface area contributed by atoms with Crippen LogP contribution in [0.25, 0.3) is 0 Å². The molecule has 1 saturated heterocycles. The monoisotopic (exact) mass is 190 g/mol. The van der Waals surface area contributed by atoms with Gasteiger partial charge in [-0.15, -0.1) is 0 Å². The van der Waals surface area contributed by atoms with Crippen molar-refractivity contribution in [2.75, 3.05) is 11.5 Å². The van der Waals surface area contributed by atoms with E-state index >= 15 is 0 Å². The van der Waals surface area contributed by atoms with Crippen molar-refractivity contribution in [3.63, 3.8) is 0 Å². The van der Waals surface area contributed by atoms with Crippen LogP contribution in [0.4, 0.5) is 0 Å². The molecule has 2 rings (SSSR count). The first-order valence-electron chi connectivity index (χ1n) is 4.32. The van der Waals surface area contributed by atoms with Crippen molar-refractivity contribution in [1.29, 1.82) is 0 Å². The van der Waals surface area contributed by atoms with E-state index in [-0.39, 0.29) is 5.41 Å². The van der Waals surface area contributed by atoms with Crippen molar-refractivity contribution in [2.24, 2.45) is 5.41 Å². The molecular formula is C8H14O3S. The third-order valence-electron chi connectivity index (χ3n) is 3.12. The van der Waals surface area contributed by atoms with Crippen LogP contribution in [0.15, 0.2) is 0 Å². The van der Waals surface area contributed by atoms with Crippen LogP contribution in [0.1, 0.15) is 26.2 Å². The summed E-state index contributed by atoms with van der Waals surface area (Å²) in [5, 5.41) is 9.69. The van der Waals surface area contributed by atoms with Crippen LogP contribution in [-0.4, -0.2) is 30.6 Å². The molecule has 1 aliphatic carbocycles. The number of hydrogen-bond donors (Lipinski definition) is 1. The normalized spacial score (nSPS) is 33.8. The number of aliphatic hydroxyl groups is 1. The Labute approximate surface area is 72.7 Å². The third kappa shape index (κ3) is 1.09. The van der Waals surface area contributed by atoms with Crippen molar-refractivity contribution >= 4 is 9.84 Å². The predicted octanol–water partition coefficient (Wildman–Crippen LogP) is 0.336. The summed E-state index contributed by atoms with van der Waals surface area (Å²) in [6.45, 7) is 1.94. The molecule has 0 aromatic carbocycles. The summed E-state index contributed by atoms with van der Waals surface area (Å²) >= 11 is 0. The van der Waals surface area contributed by atoms with Crippen LogP contribution in [0.5, 0.6) is 0 Å². The highest BCUT2D eigenvalue weighted by molar-refractivity contribution is 7.92. The maximum atomic E-state index is 10.9. The van der Waals surface area contributed by atoms with Gasteiger partial charge in [-0.3, -0.25) is 0 Å². The molecule has 70 valence electrons. The van der Waals surface area contributed by atoms with Gasteiger partial charge in [0.2, 0.25) is 0 Å².